The Morgan fingerprint density at radius 3 is 3.12 bits per heavy atom. The molecule has 1 fully saturated rings. The molecular weight excluding hydrogens is 216 g/mol. The Bertz CT molecular complexity index is 362. The van der Waals surface area contributed by atoms with Gasteiger partial charge in [0.05, 0.1) is 6.20 Å². The van der Waals surface area contributed by atoms with Crippen molar-refractivity contribution < 1.29 is 4.79 Å². The van der Waals surface area contributed by atoms with Crippen molar-refractivity contribution in [1.82, 2.24) is 20.2 Å². The highest BCUT2D eigenvalue weighted by molar-refractivity contribution is 5.91. The zero-order valence-corrected chi connectivity index (χ0v) is 10.1. The maximum Gasteiger partial charge on any atom is 0.273 e. The Balaban J connectivity index is 1.91. The Morgan fingerprint density at radius 1 is 1.59 bits per heavy atom. The van der Waals surface area contributed by atoms with Crippen LogP contribution in [-0.4, -0.2) is 47.5 Å². The van der Waals surface area contributed by atoms with E-state index in [4.69, 9.17) is 0 Å². The van der Waals surface area contributed by atoms with Gasteiger partial charge < -0.3 is 10.2 Å². The normalized spacial score (nSPS) is 19.9. The number of aromatic nitrogens is 2. The molecule has 2 rings (SSSR count). The molecule has 5 nitrogen and oxygen atoms in total. The van der Waals surface area contributed by atoms with E-state index in [2.05, 4.69) is 15.3 Å². The van der Waals surface area contributed by atoms with Gasteiger partial charge in [-0.1, -0.05) is 0 Å². The average Bonchev–Trinajstić information content (AvgIpc) is 2.40. The first-order chi connectivity index (χ1) is 8.27. The molecule has 1 aliphatic rings. The topological polar surface area (TPSA) is 58.1 Å². The lowest BCUT2D eigenvalue weighted by Crippen LogP contribution is -2.39. The lowest BCUT2D eigenvalue weighted by atomic mass is 9.99. The van der Waals surface area contributed by atoms with Gasteiger partial charge in [-0.05, 0) is 31.8 Å². The van der Waals surface area contributed by atoms with Gasteiger partial charge >= 0.3 is 0 Å². The monoisotopic (exact) mass is 234 g/mol. The van der Waals surface area contributed by atoms with Gasteiger partial charge in [-0.15, -0.1) is 0 Å². The molecule has 0 unspecified atom stereocenters. The molecule has 1 atom stereocenters. The van der Waals surface area contributed by atoms with Crippen molar-refractivity contribution in [2.45, 2.75) is 12.8 Å². The number of carbonyl (C=O) groups is 1. The molecule has 1 N–H and O–H groups in total. The first kappa shape index (κ1) is 12.0. The second kappa shape index (κ2) is 5.72. The summed E-state index contributed by atoms with van der Waals surface area (Å²) < 4.78 is 0. The molecule has 5 heteroatoms. The van der Waals surface area contributed by atoms with Crippen LogP contribution in [0.4, 0.5) is 0 Å². The molecule has 0 radical (unpaired) electrons. The van der Waals surface area contributed by atoms with E-state index in [0.29, 0.717) is 11.6 Å². The van der Waals surface area contributed by atoms with Crippen LogP contribution in [-0.2, 0) is 0 Å². The Kier molecular flexibility index (Phi) is 4.03. The number of nitrogens with zero attached hydrogens (tertiary/aromatic N) is 3. The van der Waals surface area contributed by atoms with Crippen molar-refractivity contribution in [3.05, 3.63) is 24.3 Å². The summed E-state index contributed by atoms with van der Waals surface area (Å²) in [4.78, 5) is 21.7. The van der Waals surface area contributed by atoms with Crippen molar-refractivity contribution in [3.63, 3.8) is 0 Å². The Hall–Kier alpha value is -1.49. The third-order valence-electron chi connectivity index (χ3n) is 3.06. The quantitative estimate of drug-likeness (QED) is 0.829. The van der Waals surface area contributed by atoms with Gasteiger partial charge in [0.25, 0.3) is 5.91 Å². The van der Waals surface area contributed by atoms with Gasteiger partial charge in [0.15, 0.2) is 0 Å². The van der Waals surface area contributed by atoms with Crippen LogP contribution in [0.25, 0.3) is 0 Å². The number of carbonyl (C=O) groups excluding carboxylic acids is 1. The Morgan fingerprint density at radius 2 is 2.47 bits per heavy atom. The second-order valence-electron chi connectivity index (χ2n) is 4.49. The van der Waals surface area contributed by atoms with Gasteiger partial charge in [-0.3, -0.25) is 9.78 Å². The van der Waals surface area contributed by atoms with E-state index in [-0.39, 0.29) is 5.91 Å². The lowest BCUT2D eigenvalue weighted by molar-refractivity contribution is 0.0758. The predicted molar refractivity (Wildman–Crippen MR) is 64.6 cm³/mol. The van der Waals surface area contributed by atoms with Gasteiger partial charge in [0.2, 0.25) is 0 Å². The van der Waals surface area contributed by atoms with Crippen molar-refractivity contribution in [1.29, 1.82) is 0 Å². The molecule has 0 bridgehead atoms. The molecule has 1 aromatic heterocycles. The van der Waals surface area contributed by atoms with Crippen LogP contribution in [0.2, 0.25) is 0 Å². The highest BCUT2D eigenvalue weighted by atomic mass is 16.2. The van der Waals surface area contributed by atoms with Crippen molar-refractivity contribution in [3.8, 4) is 0 Å². The minimum Gasteiger partial charge on any atom is -0.340 e. The summed E-state index contributed by atoms with van der Waals surface area (Å²) in [6.45, 7) is 2.87. The summed E-state index contributed by atoms with van der Waals surface area (Å²) in [6, 6.07) is 0. The molecular formula is C12H18N4O. The van der Waals surface area contributed by atoms with Crippen LogP contribution in [0.3, 0.4) is 0 Å². The summed E-state index contributed by atoms with van der Waals surface area (Å²) >= 11 is 0. The first-order valence-electron chi connectivity index (χ1n) is 5.99. The SMILES string of the molecule is CN(C[C@@H]1CCCNC1)C(=O)c1cnccn1. The van der Waals surface area contributed by atoms with Gasteiger partial charge in [0, 0.05) is 26.0 Å². The van der Waals surface area contributed by atoms with E-state index in [1.807, 2.05) is 7.05 Å². The van der Waals surface area contributed by atoms with Crippen LogP contribution in [0.5, 0.6) is 0 Å². The molecule has 0 spiro atoms. The number of hydrogen-bond donors (Lipinski definition) is 1. The minimum absolute atomic E-state index is 0.0522. The summed E-state index contributed by atoms with van der Waals surface area (Å²) in [5.41, 5.74) is 0.416. The number of hydrogen-bond acceptors (Lipinski definition) is 4. The summed E-state index contributed by atoms with van der Waals surface area (Å²) in [7, 11) is 1.83. The molecule has 2 heterocycles. The second-order valence-corrected chi connectivity index (χ2v) is 4.49. The zero-order valence-electron chi connectivity index (χ0n) is 10.1. The fourth-order valence-corrected chi connectivity index (χ4v) is 2.16. The molecule has 1 aliphatic heterocycles. The van der Waals surface area contributed by atoms with Crippen molar-refractivity contribution in [2.75, 3.05) is 26.7 Å². The van der Waals surface area contributed by atoms with Crippen molar-refractivity contribution in [2.24, 2.45) is 5.92 Å². The summed E-state index contributed by atoms with van der Waals surface area (Å²) in [5.74, 6) is 0.498. The fraction of sp³-hybridized carbons (Fsp3) is 0.583. The Labute approximate surface area is 101 Å². The number of rotatable bonds is 3. The molecule has 0 aromatic carbocycles. The van der Waals surface area contributed by atoms with Gasteiger partial charge in [0.1, 0.15) is 5.69 Å². The van der Waals surface area contributed by atoms with Gasteiger partial charge in [-0.25, -0.2) is 4.98 Å². The van der Waals surface area contributed by atoms with E-state index < -0.39 is 0 Å². The van der Waals surface area contributed by atoms with Crippen molar-refractivity contribution >= 4 is 5.91 Å². The number of piperidine rings is 1. The highest BCUT2D eigenvalue weighted by Crippen LogP contribution is 2.12. The van der Waals surface area contributed by atoms with Crippen LogP contribution in [0.15, 0.2) is 18.6 Å². The molecule has 0 saturated carbocycles. The maximum absolute atomic E-state index is 12.0. The number of nitrogens with one attached hydrogen (secondary N) is 1. The molecule has 0 aliphatic carbocycles. The van der Waals surface area contributed by atoms with E-state index in [9.17, 15) is 4.79 Å². The van der Waals surface area contributed by atoms with E-state index in [1.165, 1.54) is 19.0 Å². The minimum atomic E-state index is -0.0522. The van der Waals surface area contributed by atoms with Crippen LogP contribution in [0, 0.1) is 5.92 Å². The van der Waals surface area contributed by atoms with Crippen LogP contribution >= 0.6 is 0 Å². The van der Waals surface area contributed by atoms with E-state index >= 15 is 0 Å². The van der Waals surface area contributed by atoms with Crippen LogP contribution < -0.4 is 5.32 Å². The first-order valence-corrected chi connectivity index (χ1v) is 5.99. The average molecular weight is 234 g/mol. The fourth-order valence-electron chi connectivity index (χ4n) is 2.16. The molecule has 92 valence electrons. The summed E-state index contributed by atoms with van der Waals surface area (Å²) in [6.07, 6.45) is 7.01. The van der Waals surface area contributed by atoms with E-state index in [1.54, 1.807) is 17.3 Å². The molecule has 1 saturated heterocycles. The summed E-state index contributed by atoms with van der Waals surface area (Å²) in [5, 5.41) is 3.35. The molecule has 17 heavy (non-hydrogen) atoms. The number of amides is 1. The third kappa shape index (κ3) is 3.23. The molecule has 1 amide bonds. The smallest absolute Gasteiger partial charge is 0.273 e. The van der Waals surface area contributed by atoms with E-state index in [0.717, 1.165) is 19.6 Å². The van der Waals surface area contributed by atoms with Gasteiger partial charge in [-0.2, -0.15) is 0 Å². The predicted octanol–water partition coefficient (Wildman–Crippen LogP) is 0.548. The largest absolute Gasteiger partial charge is 0.340 e. The lowest BCUT2D eigenvalue weighted by Gasteiger charge is -2.27. The maximum atomic E-state index is 12.0. The highest BCUT2D eigenvalue weighted by Gasteiger charge is 2.19. The standard InChI is InChI=1S/C12H18N4O/c1-16(9-10-3-2-4-13-7-10)12(17)11-8-14-5-6-15-11/h5-6,8,10,13H,2-4,7,9H2,1H3/t10-/m1/s1. The molecule has 1 aromatic rings. The van der Waals surface area contributed by atoms with Crippen LogP contribution in [0.1, 0.15) is 23.3 Å². The zero-order chi connectivity index (χ0) is 12.1. The third-order valence-corrected chi connectivity index (χ3v) is 3.06.